The third-order valence-electron chi connectivity index (χ3n) is 4.01. The summed E-state index contributed by atoms with van der Waals surface area (Å²) in [6, 6.07) is 4.99. The topological polar surface area (TPSA) is 66.4 Å². The van der Waals surface area contributed by atoms with Crippen molar-refractivity contribution in [3.63, 3.8) is 0 Å². The number of halogens is 6. The summed E-state index contributed by atoms with van der Waals surface area (Å²) in [5.74, 6) is -1.80. The zero-order chi connectivity index (χ0) is 22.7. The lowest BCUT2D eigenvalue weighted by atomic mass is 10.0. The molecule has 2 aromatic carbocycles. The highest BCUT2D eigenvalue weighted by Gasteiger charge is 2.37. The monoisotopic (exact) mass is 431 g/mol. The van der Waals surface area contributed by atoms with E-state index in [0.29, 0.717) is 12.1 Å². The largest absolute Gasteiger partial charge is 0.478 e. The quantitative estimate of drug-likeness (QED) is 0.455. The lowest BCUT2D eigenvalue weighted by Crippen LogP contribution is -2.13. The average Bonchev–Trinajstić information content (AvgIpc) is 2.65. The molecule has 0 atom stereocenters. The summed E-state index contributed by atoms with van der Waals surface area (Å²) in [5, 5.41) is 11.7. The molecular formula is C20H15F6NO3. The minimum absolute atomic E-state index is 0.0111. The van der Waals surface area contributed by atoms with Crippen LogP contribution >= 0.6 is 0 Å². The number of carboxylic acids is 1. The molecule has 0 saturated heterocycles. The van der Waals surface area contributed by atoms with Gasteiger partial charge in [0.25, 0.3) is 0 Å². The second-order valence-corrected chi connectivity index (χ2v) is 6.14. The van der Waals surface area contributed by atoms with Gasteiger partial charge in [-0.2, -0.15) is 26.3 Å². The van der Waals surface area contributed by atoms with Gasteiger partial charge in [-0.3, -0.25) is 4.79 Å². The van der Waals surface area contributed by atoms with Crippen LogP contribution in [0.3, 0.4) is 0 Å². The van der Waals surface area contributed by atoms with E-state index in [-0.39, 0.29) is 29.3 Å². The first kappa shape index (κ1) is 23.0. The lowest BCUT2D eigenvalue weighted by Gasteiger charge is -2.14. The highest BCUT2D eigenvalue weighted by molar-refractivity contribution is 6.01. The molecule has 0 heterocycles. The van der Waals surface area contributed by atoms with Crippen LogP contribution in [0, 0.1) is 0 Å². The summed E-state index contributed by atoms with van der Waals surface area (Å²) >= 11 is 0. The molecule has 0 aliphatic heterocycles. The van der Waals surface area contributed by atoms with Gasteiger partial charge in [-0.05, 0) is 35.4 Å². The molecule has 0 spiro atoms. The molecule has 4 nitrogen and oxygen atoms in total. The summed E-state index contributed by atoms with van der Waals surface area (Å²) in [6.45, 7) is 1.56. The van der Waals surface area contributed by atoms with Crippen LogP contribution in [0.5, 0.6) is 0 Å². The Kier molecular flexibility index (Phi) is 6.59. The maximum Gasteiger partial charge on any atom is 0.417 e. The van der Waals surface area contributed by atoms with Gasteiger partial charge in [0.05, 0.1) is 22.4 Å². The van der Waals surface area contributed by atoms with E-state index in [1.165, 1.54) is 12.1 Å². The molecule has 10 heteroatoms. The van der Waals surface area contributed by atoms with Gasteiger partial charge in [-0.25, -0.2) is 4.79 Å². The molecule has 0 aliphatic carbocycles. The molecule has 0 aliphatic rings. The molecule has 0 bridgehead atoms. The zero-order valence-electron chi connectivity index (χ0n) is 15.4. The van der Waals surface area contributed by atoms with Gasteiger partial charge >= 0.3 is 18.3 Å². The van der Waals surface area contributed by atoms with Crippen molar-refractivity contribution in [2.24, 2.45) is 0 Å². The number of hydrogen-bond donors (Lipinski definition) is 2. The molecule has 2 aromatic rings. The van der Waals surface area contributed by atoms with Crippen LogP contribution in [-0.2, 0) is 17.1 Å². The lowest BCUT2D eigenvalue weighted by molar-refractivity contribution is -0.143. The highest BCUT2D eigenvalue weighted by atomic mass is 19.4. The minimum Gasteiger partial charge on any atom is -0.478 e. The molecule has 0 radical (unpaired) electrons. The van der Waals surface area contributed by atoms with Crippen LogP contribution in [0.15, 0.2) is 36.4 Å². The number of alkyl halides is 6. The summed E-state index contributed by atoms with van der Waals surface area (Å²) in [7, 11) is 0. The number of carbonyl (C=O) groups is 2. The Hall–Kier alpha value is -3.30. The van der Waals surface area contributed by atoms with E-state index >= 15 is 0 Å². The second kappa shape index (κ2) is 8.60. The maximum atomic E-state index is 13.2. The molecule has 0 unspecified atom stereocenters. The van der Waals surface area contributed by atoms with Crippen LogP contribution in [0.1, 0.15) is 46.0 Å². The number of carboxylic acid groups (broad SMARTS) is 1. The van der Waals surface area contributed by atoms with Crippen molar-refractivity contribution in [3.05, 3.63) is 64.2 Å². The fourth-order valence-corrected chi connectivity index (χ4v) is 2.50. The molecule has 160 valence electrons. The number of anilines is 1. The van der Waals surface area contributed by atoms with Gasteiger partial charge < -0.3 is 10.4 Å². The Morgan fingerprint density at radius 1 is 0.967 bits per heavy atom. The predicted octanol–water partition coefficient (Wildman–Crippen LogP) is 5.94. The van der Waals surface area contributed by atoms with Crippen LogP contribution in [-0.4, -0.2) is 17.0 Å². The molecule has 1 amide bonds. The van der Waals surface area contributed by atoms with E-state index in [9.17, 15) is 41.0 Å². The minimum atomic E-state index is -5.03. The third-order valence-corrected chi connectivity index (χ3v) is 4.01. The van der Waals surface area contributed by atoms with Crippen molar-refractivity contribution in [1.29, 1.82) is 0 Å². The SMILES string of the molecule is CCC(=O)Nc1ccc(C=Cc2ccc(C(F)(F)F)cc2C(F)(F)F)cc1C(=O)O. The molecular weight excluding hydrogens is 416 g/mol. The van der Waals surface area contributed by atoms with Crippen molar-refractivity contribution in [3.8, 4) is 0 Å². The Bertz CT molecular complexity index is 993. The smallest absolute Gasteiger partial charge is 0.417 e. The molecule has 2 N–H and O–H groups in total. The van der Waals surface area contributed by atoms with Crippen molar-refractivity contribution in [2.75, 3.05) is 5.32 Å². The maximum absolute atomic E-state index is 13.2. The number of amides is 1. The van der Waals surface area contributed by atoms with Crippen molar-refractivity contribution < 1.29 is 41.0 Å². The van der Waals surface area contributed by atoms with Gasteiger partial charge in [0, 0.05) is 6.42 Å². The summed E-state index contributed by atoms with van der Waals surface area (Å²) in [5.41, 5.74) is -3.53. The Morgan fingerprint density at radius 3 is 2.17 bits per heavy atom. The van der Waals surface area contributed by atoms with Gasteiger partial charge in [0.1, 0.15) is 0 Å². The standard InChI is InChI=1S/C20H15F6NO3/c1-2-17(28)27-16-8-4-11(9-14(16)18(29)30)3-5-12-6-7-13(19(21,22)23)10-15(12)20(24,25)26/h3-10H,2H2,1H3,(H,27,28)(H,29,30). The van der Waals surface area contributed by atoms with E-state index < -0.39 is 40.9 Å². The summed E-state index contributed by atoms with van der Waals surface area (Å²) < 4.78 is 77.8. The Labute approximate surface area is 166 Å². The summed E-state index contributed by atoms with van der Waals surface area (Å²) in [4.78, 5) is 22.9. The van der Waals surface area contributed by atoms with Gasteiger partial charge in [-0.1, -0.05) is 31.2 Å². The number of nitrogens with one attached hydrogen (secondary N) is 1. The summed E-state index contributed by atoms with van der Waals surface area (Å²) in [6.07, 6.45) is -7.78. The number of carbonyl (C=O) groups excluding carboxylic acids is 1. The molecule has 2 rings (SSSR count). The van der Waals surface area contributed by atoms with E-state index in [4.69, 9.17) is 0 Å². The fourth-order valence-electron chi connectivity index (χ4n) is 2.50. The van der Waals surface area contributed by atoms with Crippen LogP contribution in [0.4, 0.5) is 32.0 Å². The number of hydrogen-bond acceptors (Lipinski definition) is 2. The number of rotatable bonds is 5. The molecule has 30 heavy (non-hydrogen) atoms. The zero-order valence-corrected chi connectivity index (χ0v) is 15.4. The van der Waals surface area contributed by atoms with Crippen LogP contribution < -0.4 is 5.32 Å². The first-order valence-electron chi connectivity index (χ1n) is 8.46. The van der Waals surface area contributed by atoms with E-state index in [1.54, 1.807) is 6.92 Å². The van der Waals surface area contributed by atoms with Crippen LogP contribution in [0.2, 0.25) is 0 Å². The van der Waals surface area contributed by atoms with Gasteiger partial charge in [0.2, 0.25) is 5.91 Å². The highest BCUT2D eigenvalue weighted by Crippen LogP contribution is 2.38. The Morgan fingerprint density at radius 2 is 1.63 bits per heavy atom. The van der Waals surface area contributed by atoms with Crippen molar-refractivity contribution >= 4 is 29.7 Å². The normalized spacial score (nSPS) is 12.2. The average molecular weight is 431 g/mol. The first-order chi connectivity index (χ1) is 13.8. The van der Waals surface area contributed by atoms with E-state index in [2.05, 4.69) is 5.32 Å². The van der Waals surface area contributed by atoms with Gasteiger partial charge in [0.15, 0.2) is 0 Å². The number of benzene rings is 2. The fraction of sp³-hybridized carbons (Fsp3) is 0.200. The van der Waals surface area contributed by atoms with Crippen LogP contribution in [0.25, 0.3) is 12.2 Å². The van der Waals surface area contributed by atoms with E-state index in [0.717, 1.165) is 18.2 Å². The predicted molar refractivity (Wildman–Crippen MR) is 97.7 cm³/mol. The molecule has 0 saturated carbocycles. The molecule has 0 aromatic heterocycles. The van der Waals surface area contributed by atoms with E-state index in [1.807, 2.05) is 0 Å². The number of aromatic carboxylic acids is 1. The van der Waals surface area contributed by atoms with Crippen molar-refractivity contribution in [1.82, 2.24) is 0 Å². The second-order valence-electron chi connectivity index (χ2n) is 6.14. The van der Waals surface area contributed by atoms with Crippen molar-refractivity contribution in [2.45, 2.75) is 25.7 Å². The molecule has 0 fully saturated rings. The third kappa shape index (κ3) is 5.62. The Balaban J connectivity index is 2.45. The first-order valence-corrected chi connectivity index (χ1v) is 8.46. The van der Waals surface area contributed by atoms with Gasteiger partial charge in [-0.15, -0.1) is 0 Å².